The SMILES string of the molecule is CC(C)C[C@H](NC(=O)[C@H](Cc1ccccc1)NC(=O)[C@H](CO)NC(=O)[C@@H]1CCCN1C(=O)[C@H](CC(N)=O)NC(=O)[C@H](CC(=O)O)NC(=O)[C@H](Cc1ccc(OP(=O)(O)O)cc1)NC(=O)CN)C(=O)N[C@@H](CCCN=C(N)N)C(=O)O. The van der Waals surface area contributed by atoms with Gasteiger partial charge in [-0.05, 0) is 61.3 Å². The zero-order chi connectivity index (χ0) is 59.9. The van der Waals surface area contributed by atoms with Crippen molar-refractivity contribution in [2.45, 2.75) is 120 Å². The van der Waals surface area contributed by atoms with Gasteiger partial charge in [0.25, 0.3) is 0 Å². The number of likely N-dealkylation sites (tertiary alicyclic amines) is 1. The maximum atomic E-state index is 14.2. The summed E-state index contributed by atoms with van der Waals surface area (Å²) in [4.78, 5) is 169. The standard InChI is InChI=1S/C48H70N13O18P/c1-25(2)18-30(40(67)55-29(47(74)75)10-6-16-53-48(51)52)56-42(69)32(19-26-8-4-3-5-9-26)57-44(71)35(24-62)60-45(72)36-11-7-17-61(36)46(73)34(21-37(50)63)59-43(70)33(22-39(65)66)58-41(68)31(54-38(64)23-49)20-27-12-14-28(15-13-27)79-80(76,77)78/h3-5,8-9,12-15,25,29-36,62H,6-7,10-11,16-24,49H2,1-2H3,(H2,50,63)(H,54,64)(H,55,67)(H,56,69)(H,57,71)(H,58,68)(H,59,70)(H,60,72)(H,65,66)(H,74,75)(H4,51,52,53)(H2,76,77,78)/t29-,30-,31-,32-,33-,34-,35-,36-/m0/s1. The molecule has 0 aromatic heterocycles. The number of aliphatic carboxylic acids is 2. The molecule has 9 amide bonds. The van der Waals surface area contributed by atoms with Gasteiger partial charge >= 0.3 is 19.8 Å². The summed E-state index contributed by atoms with van der Waals surface area (Å²) in [5.74, 6) is -13.1. The monoisotopic (exact) mass is 1150 g/mol. The molecule has 1 aliphatic rings. The van der Waals surface area contributed by atoms with Crippen molar-refractivity contribution >= 4 is 78.9 Å². The van der Waals surface area contributed by atoms with Crippen LogP contribution in [0.3, 0.4) is 0 Å². The van der Waals surface area contributed by atoms with E-state index in [0.29, 0.717) is 5.56 Å². The van der Waals surface area contributed by atoms with Crippen LogP contribution in [0.2, 0.25) is 0 Å². The zero-order valence-electron chi connectivity index (χ0n) is 43.8. The Labute approximate surface area is 458 Å². The highest BCUT2D eigenvalue weighted by Gasteiger charge is 2.41. The molecule has 1 saturated heterocycles. The van der Waals surface area contributed by atoms with Crippen LogP contribution in [-0.2, 0) is 70.1 Å². The van der Waals surface area contributed by atoms with E-state index in [1.54, 1.807) is 44.2 Å². The van der Waals surface area contributed by atoms with Gasteiger partial charge in [-0.1, -0.05) is 56.3 Å². The molecular weight excluding hydrogens is 1080 g/mol. The van der Waals surface area contributed by atoms with Crippen LogP contribution < -0.4 is 64.7 Å². The fraction of sp³-hybridized carbons (Fsp3) is 0.500. The van der Waals surface area contributed by atoms with Crippen molar-refractivity contribution in [2.75, 3.05) is 26.2 Å². The molecule has 440 valence electrons. The van der Waals surface area contributed by atoms with Crippen LogP contribution in [-0.4, -0.2) is 176 Å². The van der Waals surface area contributed by atoms with Crippen molar-refractivity contribution in [1.29, 1.82) is 0 Å². The third kappa shape index (κ3) is 23.0. The quantitative estimate of drug-likeness (QED) is 0.0137. The Bertz CT molecular complexity index is 2600. The molecule has 1 heterocycles. The van der Waals surface area contributed by atoms with Gasteiger partial charge in [0.2, 0.25) is 53.2 Å². The normalized spacial score (nSPS) is 15.7. The number of nitrogens with two attached hydrogens (primary N) is 4. The largest absolute Gasteiger partial charge is 0.524 e. The number of nitrogens with zero attached hydrogens (tertiary/aromatic N) is 2. The Morgan fingerprint density at radius 3 is 1.75 bits per heavy atom. The lowest BCUT2D eigenvalue weighted by Gasteiger charge is -2.30. The number of hydrogen-bond donors (Lipinski definition) is 16. The number of carbonyl (C=O) groups excluding carboxylic acids is 9. The predicted octanol–water partition coefficient (Wildman–Crippen LogP) is -5.19. The van der Waals surface area contributed by atoms with Gasteiger partial charge in [0.1, 0.15) is 54.1 Å². The van der Waals surface area contributed by atoms with Gasteiger partial charge in [0.15, 0.2) is 5.96 Å². The van der Waals surface area contributed by atoms with Gasteiger partial charge in [-0.15, -0.1) is 0 Å². The lowest BCUT2D eigenvalue weighted by molar-refractivity contribution is -0.144. The molecule has 80 heavy (non-hydrogen) atoms. The van der Waals surface area contributed by atoms with Gasteiger partial charge < -0.3 is 84.9 Å². The van der Waals surface area contributed by atoms with Gasteiger partial charge in [-0.3, -0.25) is 62.7 Å². The van der Waals surface area contributed by atoms with Crippen molar-refractivity contribution in [3.8, 4) is 5.75 Å². The maximum absolute atomic E-state index is 14.2. The number of phosphoric acid groups is 1. The van der Waals surface area contributed by atoms with Gasteiger partial charge in [0, 0.05) is 25.9 Å². The van der Waals surface area contributed by atoms with Crippen molar-refractivity contribution in [2.24, 2.45) is 33.8 Å². The molecule has 31 nitrogen and oxygen atoms in total. The lowest BCUT2D eigenvalue weighted by Crippen LogP contribution is -2.61. The molecule has 8 atom stereocenters. The number of hydrogen-bond acceptors (Lipinski definition) is 16. The number of carboxylic acids is 2. The van der Waals surface area contributed by atoms with Gasteiger partial charge in [-0.2, -0.15) is 0 Å². The minimum atomic E-state index is -4.93. The number of primary amides is 1. The van der Waals surface area contributed by atoms with Crippen LogP contribution in [0.15, 0.2) is 59.6 Å². The number of carbonyl (C=O) groups is 11. The first kappa shape index (κ1) is 66.0. The molecule has 0 radical (unpaired) electrons. The molecule has 0 unspecified atom stereocenters. The van der Waals surface area contributed by atoms with E-state index in [1.165, 1.54) is 12.1 Å². The summed E-state index contributed by atoms with van der Waals surface area (Å²) in [6.07, 6.45) is -2.31. The molecule has 0 spiro atoms. The summed E-state index contributed by atoms with van der Waals surface area (Å²) in [6.45, 7) is 1.75. The summed E-state index contributed by atoms with van der Waals surface area (Å²) in [7, 11) is -4.93. The second-order valence-corrected chi connectivity index (χ2v) is 20.0. The summed E-state index contributed by atoms with van der Waals surface area (Å²) in [5.41, 5.74) is 22.3. The molecule has 1 fully saturated rings. The van der Waals surface area contributed by atoms with E-state index in [2.05, 4.69) is 46.7 Å². The molecule has 0 aliphatic carbocycles. The zero-order valence-corrected chi connectivity index (χ0v) is 44.7. The topological polar surface area (TPSA) is 519 Å². The Hall–Kier alpha value is -8.25. The molecule has 0 saturated carbocycles. The maximum Gasteiger partial charge on any atom is 0.524 e. The number of rotatable bonds is 33. The molecule has 3 rings (SSSR count). The predicted molar refractivity (Wildman–Crippen MR) is 280 cm³/mol. The molecule has 2 aromatic rings. The molecule has 32 heteroatoms. The minimum absolute atomic E-state index is 0.0271. The van der Waals surface area contributed by atoms with E-state index in [4.69, 9.17) is 32.7 Å². The van der Waals surface area contributed by atoms with E-state index in [-0.39, 0.29) is 81.2 Å². The second kappa shape index (κ2) is 32.0. The fourth-order valence-corrected chi connectivity index (χ4v) is 8.55. The number of benzene rings is 2. The van der Waals surface area contributed by atoms with Crippen molar-refractivity contribution in [1.82, 2.24) is 42.1 Å². The van der Waals surface area contributed by atoms with Crippen LogP contribution >= 0.6 is 7.82 Å². The summed E-state index contributed by atoms with van der Waals surface area (Å²) < 4.78 is 15.7. The van der Waals surface area contributed by atoms with E-state index in [9.17, 15) is 72.6 Å². The van der Waals surface area contributed by atoms with Crippen LogP contribution in [0.25, 0.3) is 0 Å². The number of aliphatic imine (C=N–C) groups is 1. The summed E-state index contributed by atoms with van der Waals surface area (Å²) in [6, 6.07) is 0.368. The highest BCUT2D eigenvalue weighted by Crippen LogP contribution is 2.37. The highest BCUT2D eigenvalue weighted by molar-refractivity contribution is 7.46. The van der Waals surface area contributed by atoms with Crippen LogP contribution in [0.5, 0.6) is 5.75 Å². The Morgan fingerprint density at radius 2 is 1.21 bits per heavy atom. The number of aliphatic hydroxyl groups excluding tert-OH is 1. The number of aliphatic hydroxyl groups is 1. The average Bonchev–Trinajstić information content (AvgIpc) is 3.88. The first-order chi connectivity index (χ1) is 37.6. The Kier molecular flexibility index (Phi) is 26.4. The summed E-state index contributed by atoms with van der Waals surface area (Å²) >= 11 is 0. The third-order valence-corrected chi connectivity index (χ3v) is 12.4. The van der Waals surface area contributed by atoms with Crippen molar-refractivity contribution < 1.29 is 86.9 Å². The minimum Gasteiger partial charge on any atom is -0.481 e. The fourth-order valence-electron chi connectivity index (χ4n) is 8.16. The van der Waals surface area contributed by atoms with Crippen LogP contribution in [0, 0.1) is 5.92 Å². The number of nitrogens with one attached hydrogen (secondary N) is 7. The Balaban J connectivity index is 1.82. The lowest BCUT2D eigenvalue weighted by atomic mass is 10.00. The summed E-state index contributed by atoms with van der Waals surface area (Å²) in [5, 5.41) is 46.6. The third-order valence-electron chi connectivity index (χ3n) is 11.9. The van der Waals surface area contributed by atoms with Gasteiger partial charge in [0.05, 0.1) is 26.0 Å². The highest BCUT2D eigenvalue weighted by atomic mass is 31.2. The number of phosphoric ester groups is 1. The van der Waals surface area contributed by atoms with Crippen molar-refractivity contribution in [3.05, 3.63) is 65.7 Å². The molecule has 20 N–H and O–H groups in total. The van der Waals surface area contributed by atoms with E-state index >= 15 is 0 Å². The van der Waals surface area contributed by atoms with E-state index in [1.807, 2.05) is 0 Å². The molecule has 0 bridgehead atoms. The van der Waals surface area contributed by atoms with Gasteiger partial charge in [-0.25, -0.2) is 9.36 Å². The Morgan fingerprint density at radius 1 is 0.688 bits per heavy atom. The van der Waals surface area contributed by atoms with Crippen LogP contribution in [0.4, 0.5) is 0 Å². The molecule has 2 aromatic carbocycles. The number of carboxylic acid groups (broad SMARTS) is 2. The van der Waals surface area contributed by atoms with Crippen molar-refractivity contribution in [3.63, 3.8) is 0 Å². The van der Waals surface area contributed by atoms with E-state index < -0.39 is 147 Å². The molecule has 1 aliphatic heterocycles. The second-order valence-electron chi connectivity index (χ2n) is 18.9. The first-order valence-corrected chi connectivity index (χ1v) is 26.5. The van der Waals surface area contributed by atoms with E-state index in [0.717, 1.165) is 17.0 Å². The average molecular weight is 1150 g/mol. The first-order valence-electron chi connectivity index (χ1n) is 25.0. The smallest absolute Gasteiger partial charge is 0.481 e. The number of guanidine groups is 1. The number of amides is 9. The molecular formula is C48H70N13O18P. The van der Waals surface area contributed by atoms with Crippen LogP contribution in [0.1, 0.15) is 69.9 Å².